The van der Waals surface area contributed by atoms with Gasteiger partial charge in [0.2, 0.25) is 5.95 Å². The van der Waals surface area contributed by atoms with Crippen LogP contribution >= 0.6 is 0 Å². The summed E-state index contributed by atoms with van der Waals surface area (Å²) >= 11 is 0. The van der Waals surface area contributed by atoms with Crippen molar-refractivity contribution in [1.29, 1.82) is 0 Å². The third kappa shape index (κ3) is 2.96. The highest BCUT2D eigenvalue weighted by Gasteiger charge is 2.26. The van der Waals surface area contributed by atoms with Gasteiger partial charge in [-0.2, -0.15) is 4.98 Å². The van der Waals surface area contributed by atoms with Crippen molar-refractivity contribution < 1.29 is 5.11 Å². The Labute approximate surface area is 143 Å². The molecule has 0 spiro atoms. The summed E-state index contributed by atoms with van der Waals surface area (Å²) in [6.45, 7) is 1.12. The van der Waals surface area contributed by atoms with E-state index in [-0.39, 0.29) is 24.8 Å². The molecule has 8 nitrogen and oxygen atoms in total. The van der Waals surface area contributed by atoms with E-state index >= 15 is 0 Å². The van der Waals surface area contributed by atoms with Crippen LogP contribution in [0, 0.1) is 0 Å². The largest absolute Gasteiger partial charge is 0.394 e. The Balaban J connectivity index is 1.80. The number of hydrogen-bond donors (Lipinski definition) is 1. The summed E-state index contributed by atoms with van der Waals surface area (Å²) in [5, 5.41) is 10.3. The minimum Gasteiger partial charge on any atom is -0.394 e. The third-order valence-electron chi connectivity index (χ3n) is 4.47. The number of anilines is 1. The fourth-order valence-corrected chi connectivity index (χ4v) is 3.20. The van der Waals surface area contributed by atoms with Crippen molar-refractivity contribution in [2.24, 2.45) is 0 Å². The molecule has 3 aromatic heterocycles. The van der Waals surface area contributed by atoms with Gasteiger partial charge in [-0.1, -0.05) is 0 Å². The molecular weight excluding hydrogens is 320 g/mol. The van der Waals surface area contributed by atoms with Crippen LogP contribution in [0.4, 0.5) is 5.95 Å². The number of aliphatic hydroxyl groups is 1. The molecule has 0 amide bonds. The number of aromatic nitrogens is 5. The van der Waals surface area contributed by atoms with Crippen LogP contribution in [0.3, 0.4) is 0 Å². The van der Waals surface area contributed by atoms with Crippen molar-refractivity contribution in [3.8, 4) is 0 Å². The van der Waals surface area contributed by atoms with Crippen LogP contribution in [0.2, 0.25) is 0 Å². The smallest absolute Gasteiger partial charge is 0.252 e. The first-order chi connectivity index (χ1) is 12.3. The molecule has 1 aliphatic heterocycles. The molecule has 0 bridgehead atoms. The van der Waals surface area contributed by atoms with Gasteiger partial charge in [-0.15, -0.1) is 0 Å². The number of aliphatic hydroxyl groups excluding tert-OH is 1. The highest BCUT2D eigenvalue weighted by Crippen LogP contribution is 2.23. The van der Waals surface area contributed by atoms with Crippen LogP contribution in [-0.2, 0) is 6.54 Å². The predicted octanol–water partition coefficient (Wildman–Crippen LogP) is 0.591. The van der Waals surface area contributed by atoms with E-state index in [9.17, 15) is 9.90 Å². The first kappa shape index (κ1) is 15.6. The Hall–Kier alpha value is -2.87. The number of nitrogens with zero attached hydrogens (tertiary/aromatic N) is 6. The van der Waals surface area contributed by atoms with Gasteiger partial charge in [0.1, 0.15) is 11.5 Å². The molecule has 1 aliphatic rings. The maximum atomic E-state index is 12.4. The van der Waals surface area contributed by atoms with Crippen LogP contribution < -0.4 is 10.5 Å². The lowest BCUT2D eigenvalue weighted by atomic mass is 10.2. The number of pyridine rings is 1. The van der Waals surface area contributed by atoms with E-state index in [0.29, 0.717) is 17.4 Å². The van der Waals surface area contributed by atoms with Crippen LogP contribution in [0.5, 0.6) is 0 Å². The molecule has 0 saturated carbocycles. The Morgan fingerprint density at radius 1 is 1.20 bits per heavy atom. The molecule has 0 aromatic carbocycles. The zero-order valence-corrected chi connectivity index (χ0v) is 13.6. The molecule has 1 saturated heterocycles. The van der Waals surface area contributed by atoms with Crippen molar-refractivity contribution in [3.05, 3.63) is 53.0 Å². The molecule has 0 unspecified atom stereocenters. The topological polar surface area (TPSA) is 97.0 Å². The third-order valence-corrected chi connectivity index (χ3v) is 4.47. The molecule has 25 heavy (non-hydrogen) atoms. The van der Waals surface area contributed by atoms with E-state index in [0.717, 1.165) is 24.8 Å². The van der Waals surface area contributed by atoms with Gasteiger partial charge in [0, 0.05) is 36.6 Å². The maximum absolute atomic E-state index is 12.4. The molecule has 0 aliphatic carbocycles. The lowest BCUT2D eigenvalue weighted by Gasteiger charge is -2.23. The second kappa shape index (κ2) is 6.56. The second-order valence-electron chi connectivity index (χ2n) is 6.04. The Kier molecular flexibility index (Phi) is 4.10. The second-order valence-corrected chi connectivity index (χ2v) is 6.04. The highest BCUT2D eigenvalue weighted by atomic mass is 16.3. The first-order valence-electron chi connectivity index (χ1n) is 8.26. The monoisotopic (exact) mass is 338 g/mol. The molecule has 1 atom stereocenters. The first-order valence-corrected chi connectivity index (χ1v) is 8.26. The zero-order valence-electron chi connectivity index (χ0n) is 13.6. The summed E-state index contributed by atoms with van der Waals surface area (Å²) < 4.78 is 1.56. The normalized spacial score (nSPS) is 17.3. The average molecular weight is 338 g/mol. The minimum absolute atomic E-state index is 0.0267. The molecule has 1 fully saturated rings. The quantitative estimate of drug-likeness (QED) is 0.743. The maximum Gasteiger partial charge on any atom is 0.252 e. The van der Waals surface area contributed by atoms with Crippen LogP contribution in [0.1, 0.15) is 18.7 Å². The van der Waals surface area contributed by atoms with E-state index in [1.54, 1.807) is 35.3 Å². The van der Waals surface area contributed by atoms with E-state index < -0.39 is 0 Å². The molecule has 1 N–H and O–H groups in total. The van der Waals surface area contributed by atoms with E-state index in [1.165, 1.54) is 6.07 Å². The van der Waals surface area contributed by atoms with Crippen molar-refractivity contribution in [2.75, 3.05) is 18.1 Å². The van der Waals surface area contributed by atoms with Gasteiger partial charge in [0.05, 0.1) is 19.2 Å². The van der Waals surface area contributed by atoms with Crippen LogP contribution in [0.15, 0.2) is 41.6 Å². The van der Waals surface area contributed by atoms with Crippen molar-refractivity contribution >= 4 is 17.0 Å². The Morgan fingerprint density at radius 3 is 2.84 bits per heavy atom. The van der Waals surface area contributed by atoms with Gasteiger partial charge < -0.3 is 10.0 Å². The summed E-state index contributed by atoms with van der Waals surface area (Å²) in [6, 6.07) is 4.98. The average Bonchev–Trinajstić information content (AvgIpc) is 3.13. The molecule has 3 aromatic rings. The molecule has 128 valence electrons. The molecular formula is C17H18N6O2. The van der Waals surface area contributed by atoms with Crippen molar-refractivity contribution in [3.63, 3.8) is 0 Å². The summed E-state index contributed by atoms with van der Waals surface area (Å²) in [6.07, 6.45) is 6.92. The highest BCUT2D eigenvalue weighted by molar-refractivity contribution is 5.75. The molecule has 4 heterocycles. The van der Waals surface area contributed by atoms with Crippen molar-refractivity contribution in [1.82, 2.24) is 24.5 Å². The molecule has 4 rings (SSSR count). The minimum atomic E-state index is -0.162. The van der Waals surface area contributed by atoms with Gasteiger partial charge in [-0.05, 0) is 25.0 Å². The van der Waals surface area contributed by atoms with Gasteiger partial charge in [-0.3, -0.25) is 9.36 Å². The van der Waals surface area contributed by atoms with E-state index in [4.69, 9.17) is 0 Å². The summed E-state index contributed by atoms with van der Waals surface area (Å²) in [4.78, 5) is 31.8. The van der Waals surface area contributed by atoms with E-state index in [2.05, 4.69) is 19.9 Å². The van der Waals surface area contributed by atoms with Crippen LogP contribution in [0.25, 0.3) is 11.0 Å². The number of rotatable bonds is 4. The van der Waals surface area contributed by atoms with Gasteiger partial charge in [-0.25, -0.2) is 15.0 Å². The number of hydrogen-bond acceptors (Lipinski definition) is 7. The summed E-state index contributed by atoms with van der Waals surface area (Å²) in [7, 11) is 0. The lowest BCUT2D eigenvalue weighted by Crippen LogP contribution is -2.33. The molecule has 0 radical (unpaired) electrons. The molecule has 8 heteroatoms. The fraction of sp³-hybridized carbons (Fsp3) is 0.353. The lowest BCUT2D eigenvalue weighted by molar-refractivity contribution is 0.265. The number of fused-ring (bicyclic) bond motifs is 1. The van der Waals surface area contributed by atoms with E-state index in [1.807, 2.05) is 4.90 Å². The van der Waals surface area contributed by atoms with Gasteiger partial charge >= 0.3 is 0 Å². The zero-order chi connectivity index (χ0) is 17.2. The predicted molar refractivity (Wildman–Crippen MR) is 92.4 cm³/mol. The summed E-state index contributed by atoms with van der Waals surface area (Å²) in [5.74, 6) is 1.09. The fourth-order valence-electron chi connectivity index (χ4n) is 3.20. The van der Waals surface area contributed by atoms with Crippen molar-refractivity contribution in [2.45, 2.75) is 25.4 Å². The van der Waals surface area contributed by atoms with Gasteiger partial charge in [0.25, 0.3) is 5.56 Å². The Bertz CT molecular complexity index is 943. The van der Waals surface area contributed by atoms with Gasteiger partial charge in [0.15, 0.2) is 0 Å². The SMILES string of the molecule is O=c1ccc2cnc(N3CCC[C@H]3CO)nc2n1Cc1ncccn1. The standard InChI is InChI=1S/C17H18N6O2/c24-11-13-3-1-8-22(13)17-20-9-12-4-5-15(25)23(16(12)21-17)10-14-18-6-2-7-19-14/h2,4-7,9,13,24H,1,3,8,10-11H2/t13-/m0/s1. The van der Waals surface area contributed by atoms with Crippen LogP contribution in [-0.4, -0.2) is 48.8 Å². The summed E-state index contributed by atoms with van der Waals surface area (Å²) in [5.41, 5.74) is 0.387. The Morgan fingerprint density at radius 2 is 2.04 bits per heavy atom.